The van der Waals surface area contributed by atoms with E-state index in [-0.39, 0.29) is 18.3 Å². The fraction of sp³-hybridized carbons (Fsp3) is 0.316. The van der Waals surface area contributed by atoms with Gasteiger partial charge < -0.3 is 9.84 Å². The van der Waals surface area contributed by atoms with Gasteiger partial charge in [-0.3, -0.25) is 9.69 Å². The first-order chi connectivity index (χ1) is 13.9. The van der Waals surface area contributed by atoms with Crippen molar-refractivity contribution in [1.82, 2.24) is 20.4 Å². The summed E-state index contributed by atoms with van der Waals surface area (Å²) in [4.78, 5) is 19.3. The summed E-state index contributed by atoms with van der Waals surface area (Å²) < 4.78 is 42.3. The Kier molecular flexibility index (Phi) is 5.37. The van der Waals surface area contributed by atoms with E-state index in [9.17, 15) is 18.0 Å². The van der Waals surface area contributed by atoms with Gasteiger partial charge in [-0.15, -0.1) is 11.3 Å². The van der Waals surface area contributed by atoms with E-state index >= 15 is 0 Å². The van der Waals surface area contributed by atoms with Gasteiger partial charge in [-0.25, -0.2) is 0 Å². The average Bonchev–Trinajstić information content (AvgIpc) is 3.33. The van der Waals surface area contributed by atoms with Gasteiger partial charge in [0.05, 0.1) is 11.4 Å². The molecule has 1 amide bonds. The number of carbonyl (C=O) groups excluding carboxylic acids is 1. The van der Waals surface area contributed by atoms with Gasteiger partial charge in [-0.05, 0) is 23.6 Å². The van der Waals surface area contributed by atoms with Crippen LogP contribution >= 0.6 is 11.3 Å². The predicted molar refractivity (Wildman–Crippen MR) is 99.9 cm³/mol. The molecule has 10 heteroatoms. The van der Waals surface area contributed by atoms with Gasteiger partial charge in [-0.1, -0.05) is 35.5 Å². The minimum Gasteiger partial charge on any atom is -0.351 e. The van der Waals surface area contributed by atoms with Crippen molar-refractivity contribution in [2.24, 2.45) is 0 Å². The third-order valence-electron chi connectivity index (χ3n) is 4.53. The van der Waals surface area contributed by atoms with Crippen molar-refractivity contribution >= 4 is 17.2 Å². The number of rotatable bonds is 5. The average molecular weight is 422 g/mol. The molecule has 0 aliphatic carbocycles. The van der Waals surface area contributed by atoms with Crippen LogP contribution in [0.2, 0.25) is 0 Å². The van der Waals surface area contributed by atoms with Gasteiger partial charge in [0, 0.05) is 24.5 Å². The number of thiophene rings is 1. The van der Waals surface area contributed by atoms with E-state index in [1.165, 1.54) is 11.3 Å². The van der Waals surface area contributed by atoms with E-state index in [0.29, 0.717) is 24.5 Å². The van der Waals surface area contributed by atoms with Gasteiger partial charge in [0.15, 0.2) is 0 Å². The van der Waals surface area contributed by atoms with Crippen LogP contribution in [-0.2, 0) is 30.5 Å². The Morgan fingerprint density at radius 2 is 2.07 bits per heavy atom. The summed E-state index contributed by atoms with van der Waals surface area (Å²) in [5.74, 6) is -1.49. The second-order valence-corrected chi connectivity index (χ2v) is 7.84. The molecule has 3 aromatic rings. The zero-order valence-electron chi connectivity index (χ0n) is 15.2. The van der Waals surface area contributed by atoms with Crippen LogP contribution in [0.25, 0.3) is 10.7 Å². The van der Waals surface area contributed by atoms with Crippen LogP contribution in [0, 0.1) is 0 Å². The predicted octanol–water partition coefficient (Wildman–Crippen LogP) is 3.49. The molecule has 3 heterocycles. The zero-order chi connectivity index (χ0) is 20.4. The van der Waals surface area contributed by atoms with E-state index in [1.54, 1.807) is 6.07 Å². The standard InChI is InChI=1S/C19H17F3N4O2S/c20-19(21,22)18-24-17(25-28-18)15-8-13-10-26(7-6-14(13)29-15)11-16(27)23-9-12-4-2-1-3-5-12/h1-5,8H,6-7,9-11H2,(H,23,27). The molecule has 0 atom stereocenters. The fourth-order valence-corrected chi connectivity index (χ4v) is 4.22. The van der Waals surface area contributed by atoms with Crippen molar-refractivity contribution in [3.8, 4) is 10.7 Å². The third-order valence-corrected chi connectivity index (χ3v) is 5.77. The van der Waals surface area contributed by atoms with Crippen LogP contribution in [0.5, 0.6) is 0 Å². The number of nitrogens with one attached hydrogen (secondary N) is 1. The molecule has 0 saturated carbocycles. The van der Waals surface area contributed by atoms with Crippen molar-refractivity contribution in [3.05, 3.63) is 58.3 Å². The molecule has 0 bridgehead atoms. The molecule has 0 unspecified atom stereocenters. The fourth-order valence-electron chi connectivity index (χ4n) is 3.13. The van der Waals surface area contributed by atoms with E-state index in [1.807, 2.05) is 35.2 Å². The summed E-state index contributed by atoms with van der Waals surface area (Å²) >= 11 is 1.36. The number of amides is 1. The number of nitrogens with zero attached hydrogens (tertiary/aromatic N) is 3. The van der Waals surface area contributed by atoms with Crippen molar-refractivity contribution in [1.29, 1.82) is 0 Å². The number of hydrogen-bond acceptors (Lipinski definition) is 6. The number of benzene rings is 1. The molecule has 0 fully saturated rings. The highest BCUT2D eigenvalue weighted by Crippen LogP contribution is 2.35. The summed E-state index contributed by atoms with van der Waals surface area (Å²) in [5.41, 5.74) is 2.01. The Morgan fingerprint density at radius 3 is 2.79 bits per heavy atom. The Balaban J connectivity index is 1.36. The van der Waals surface area contributed by atoms with Crippen LogP contribution in [0.4, 0.5) is 13.2 Å². The summed E-state index contributed by atoms with van der Waals surface area (Å²) in [6, 6.07) is 11.4. The monoisotopic (exact) mass is 422 g/mol. The largest absolute Gasteiger partial charge is 0.471 e. The van der Waals surface area contributed by atoms with E-state index in [0.717, 1.165) is 22.4 Å². The SMILES string of the molecule is O=C(CN1CCc2sc(-c3noc(C(F)(F)F)n3)cc2C1)NCc1ccccc1. The highest BCUT2D eigenvalue weighted by Gasteiger charge is 2.38. The van der Waals surface area contributed by atoms with Crippen molar-refractivity contribution in [2.45, 2.75) is 25.7 Å². The molecule has 2 aromatic heterocycles. The minimum absolute atomic E-state index is 0.0659. The molecule has 1 aliphatic heterocycles. The Morgan fingerprint density at radius 1 is 1.28 bits per heavy atom. The Labute approximate surface area is 168 Å². The summed E-state index contributed by atoms with van der Waals surface area (Å²) in [6.45, 7) is 1.99. The molecule has 0 radical (unpaired) electrons. The normalized spacial score (nSPS) is 14.6. The summed E-state index contributed by atoms with van der Waals surface area (Å²) in [5, 5.41) is 6.34. The quantitative estimate of drug-likeness (QED) is 0.682. The summed E-state index contributed by atoms with van der Waals surface area (Å²) in [7, 11) is 0. The van der Waals surface area contributed by atoms with Gasteiger partial charge in [0.1, 0.15) is 0 Å². The molecular weight excluding hydrogens is 405 g/mol. The number of halogens is 3. The topological polar surface area (TPSA) is 71.3 Å². The van der Waals surface area contributed by atoms with E-state index < -0.39 is 12.1 Å². The number of fused-ring (bicyclic) bond motifs is 1. The van der Waals surface area contributed by atoms with Crippen LogP contribution in [0.15, 0.2) is 40.9 Å². The van der Waals surface area contributed by atoms with Gasteiger partial charge in [0.25, 0.3) is 0 Å². The molecule has 1 aliphatic rings. The van der Waals surface area contributed by atoms with Crippen LogP contribution < -0.4 is 5.32 Å². The molecule has 0 saturated heterocycles. The van der Waals surface area contributed by atoms with Crippen LogP contribution in [0.1, 0.15) is 21.9 Å². The second kappa shape index (κ2) is 7.96. The van der Waals surface area contributed by atoms with Gasteiger partial charge >= 0.3 is 12.1 Å². The molecule has 29 heavy (non-hydrogen) atoms. The maximum Gasteiger partial charge on any atom is 0.471 e. The first-order valence-electron chi connectivity index (χ1n) is 8.94. The molecule has 152 valence electrons. The molecule has 6 nitrogen and oxygen atoms in total. The van der Waals surface area contributed by atoms with Gasteiger partial charge in [-0.2, -0.15) is 18.2 Å². The van der Waals surface area contributed by atoms with Crippen molar-refractivity contribution in [3.63, 3.8) is 0 Å². The molecule has 4 rings (SSSR count). The molecule has 1 N–H and O–H groups in total. The number of aromatic nitrogens is 2. The molecular formula is C19H17F3N4O2S. The van der Waals surface area contributed by atoms with Crippen molar-refractivity contribution in [2.75, 3.05) is 13.1 Å². The van der Waals surface area contributed by atoms with E-state index in [4.69, 9.17) is 0 Å². The number of alkyl halides is 3. The first kappa shape index (κ1) is 19.6. The Hall–Kier alpha value is -2.72. The van der Waals surface area contributed by atoms with Crippen LogP contribution in [0.3, 0.4) is 0 Å². The first-order valence-corrected chi connectivity index (χ1v) is 9.76. The smallest absolute Gasteiger partial charge is 0.351 e. The maximum absolute atomic E-state index is 12.7. The van der Waals surface area contributed by atoms with Gasteiger partial charge in [0.2, 0.25) is 11.7 Å². The lowest BCUT2D eigenvalue weighted by Crippen LogP contribution is -2.39. The zero-order valence-corrected chi connectivity index (χ0v) is 16.0. The van der Waals surface area contributed by atoms with Crippen LogP contribution in [-0.4, -0.2) is 34.0 Å². The molecule has 1 aromatic carbocycles. The lowest BCUT2D eigenvalue weighted by atomic mass is 10.1. The lowest BCUT2D eigenvalue weighted by molar-refractivity contribution is -0.159. The highest BCUT2D eigenvalue weighted by atomic mass is 32.1. The van der Waals surface area contributed by atoms with Crippen molar-refractivity contribution < 1.29 is 22.5 Å². The number of carbonyl (C=O) groups is 1. The second-order valence-electron chi connectivity index (χ2n) is 6.70. The molecule has 0 spiro atoms. The minimum atomic E-state index is -4.66. The highest BCUT2D eigenvalue weighted by molar-refractivity contribution is 7.15. The van der Waals surface area contributed by atoms with E-state index in [2.05, 4.69) is 20.0 Å². The Bertz CT molecular complexity index is 1000. The number of hydrogen-bond donors (Lipinski definition) is 1. The third kappa shape index (κ3) is 4.65. The maximum atomic E-state index is 12.7. The summed E-state index contributed by atoms with van der Waals surface area (Å²) in [6.07, 6.45) is -3.94. The lowest BCUT2D eigenvalue weighted by Gasteiger charge is -2.26.